The van der Waals surface area contributed by atoms with Crippen molar-refractivity contribution in [3.8, 4) is 11.1 Å². The third-order valence-corrected chi connectivity index (χ3v) is 3.74. The monoisotopic (exact) mass is 346 g/mol. The van der Waals surface area contributed by atoms with E-state index in [-0.39, 0.29) is 18.8 Å². The van der Waals surface area contributed by atoms with Gasteiger partial charge in [-0.25, -0.2) is 0 Å². The van der Waals surface area contributed by atoms with Gasteiger partial charge in [0.05, 0.1) is 0 Å². The van der Waals surface area contributed by atoms with Crippen LogP contribution in [0.5, 0.6) is 0 Å². The van der Waals surface area contributed by atoms with Gasteiger partial charge in [-0.05, 0) is 17.2 Å². The number of aromatic nitrogens is 1. The Bertz CT molecular complexity index is 863. The van der Waals surface area contributed by atoms with Crippen molar-refractivity contribution in [2.45, 2.75) is 6.61 Å². The molecule has 0 aliphatic rings. The molecule has 1 heterocycles. The average molecular weight is 346 g/mol. The van der Waals surface area contributed by atoms with E-state index in [0.717, 1.165) is 16.7 Å². The zero-order chi connectivity index (χ0) is 18.2. The largest absolute Gasteiger partial charge is 0.460 e. The minimum absolute atomic E-state index is 0.180. The lowest BCUT2D eigenvalue weighted by Crippen LogP contribution is -2.31. The normalized spacial score (nSPS) is 10.2. The highest BCUT2D eigenvalue weighted by atomic mass is 16.5. The van der Waals surface area contributed by atoms with Crippen LogP contribution >= 0.6 is 0 Å². The van der Waals surface area contributed by atoms with Crippen molar-refractivity contribution in [1.82, 2.24) is 10.3 Å². The standard InChI is InChI=1S/C21H18N2O3/c24-20(26-15-16-7-3-1-4-8-16)14-23-21(25)19-12-11-18(13-22-19)17-9-5-2-6-10-17/h1-13H,14-15H2,(H,23,25). The smallest absolute Gasteiger partial charge is 0.325 e. The Morgan fingerprint density at radius 3 is 2.19 bits per heavy atom. The van der Waals surface area contributed by atoms with Crippen molar-refractivity contribution in [2.75, 3.05) is 6.54 Å². The average Bonchev–Trinajstić information content (AvgIpc) is 2.72. The molecular formula is C21H18N2O3. The lowest BCUT2D eigenvalue weighted by molar-refractivity contribution is -0.143. The summed E-state index contributed by atoms with van der Waals surface area (Å²) >= 11 is 0. The fraction of sp³-hybridized carbons (Fsp3) is 0.0952. The predicted octanol–water partition coefficient (Wildman–Crippen LogP) is 3.22. The number of esters is 1. The van der Waals surface area contributed by atoms with Gasteiger partial charge in [-0.1, -0.05) is 66.7 Å². The van der Waals surface area contributed by atoms with Crippen LogP contribution in [-0.2, 0) is 16.1 Å². The van der Waals surface area contributed by atoms with Gasteiger partial charge in [0.15, 0.2) is 0 Å². The van der Waals surface area contributed by atoms with Gasteiger partial charge in [-0.2, -0.15) is 0 Å². The number of pyridine rings is 1. The van der Waals surface area contributed by atoms with Crippen LogP contribution in [0.3, 0.4) is 0 Å². The highest BCUT2D eigenvalue weighted by Crippen LogP contribution is 2.17. The summed E-state index contributed by atoms with van der Waals surface area (Å²) < 4.78 is 5.12. The number of ether oxygens (including phenoxy) is 1. The third kappa shape index (κ3) is 4.77. The molecule has 1 aromatic heterocycles. The summed E-state index contributed by atoms with van der Waals surface area (Å²) in [7, 11) is 0. The van der Waals surface area contributed by atoms with Gasteiger partial charge in [-0.15, -0.1) is 0 Å². The second-order valence-corrected chi connectivity index (χ2v) is 5.63. The number of nitrogens with one attached hydrogen (secondary N) is 1. The number of hydrogen-bond acceptors (Lipinski definition) is 4. The summed E-state index contributed by atoms with van der Waals surface area (Å²) in [5.74, 6) is -0.913. The first-order valence-electron chi connectivity index (χ1n) is 8.21. The van der Waals surface area contributed by atoms with Crippen LogP contribution in [0.2, 0.25) is 0 Å². The summed E-state index contributed by atoms with van der Waals surface area (Å²) in [6, 6.07) is 22.6. The molecule has 0 aliphatic heterocycles. The molecule has 0 unspecified atom stereocenters. The molecule has 0 saturated carbocycles. The van der Waals surface area contributed by atoms with Crippen molar-refractivity contribution in [3.05, 3.63) is 90.3 Å². The van der Waals surface area contributed by atoms with E-state index >= 15 is 0 Å². The summed E-state index contributed by atoms with van der Waals surface area (Å²) in [4.78, 5) is 28.0. The number of carbonyl (C=O) groups excluding carboxylic acids is 2. The summed E-state index contributed by atoms with van der Waals surface area (Å²) in [5.41, 5.74) is 3.09. The van der Waals surface area contributed by atoms with Crippen LogP contribution in [0.15, 0.2) is 79.0 Å². The molecule has 5 nitrogen and oxygen atoms in total. The van der Waals surface area contributed by atoms with Gasteiger partial charge in [0.2, 0.25) is 0 Å². The maximum atomic E-state index is 12.1. The molecule has 3 aromatic rings. The maximum Gasteiger partial charge on any atom is 0.325 e. The van der Waals surface area contributed by atoms with Crippen LogP contribution in [0.25, 0.3) is 11.1 Å². The quantitative estimate of drug-likeness (QED) is 0.696. The van der Waals surface area contributed by atoms with E-state index in [1.54, 1.807) is 12.3 Å². The molecule has 0 spiro atoms. The van der Waals surface area contributed by atoms with Gasteiger partial charge < -0.3 is 10.1 Å². The topological polar surface area (TPSA) is 68.3 Å². The van der Waals surface area contributed by atoms with Gasteiger partial charge in [0, 0.05) is 11.8 Å². The Labute approximate surface area is 151 Å². The van der Waals surface area contributed by atoms with Crippen LogP contribution in [0, 0.1) is 0 Å². The number of rotatable bonds is 6. The van der Waals surface area contributed by atoms with Crippen molar-refractivity contribution < 1.29 is 14.3 Å². The van der Waals surface area contributed by atoms with Crippen molar-refractivity contribution in [3.63, 3.8) is 0 Å². The van der Waals surface area contributed by atoms with Crippen molar-refractivity contribution >= 4 is 11.9 Å². The second kappa shape index (κ2) is 8.58. The molecule has 0 radical (unpaired) electrons. The number of amides is 1. The summed E-state index contributed by atoms with van der Waals surface area (Å²) in [6.45, 7) is -0.0205. The molecule has 1 N–H and O–H groups in total. The Morgan fingerprint density at radius 1 is 0.846 bits per heavy atom. The summed E-state index contributed by atoms with van der Waals surface area (Å²) in [5, 5.41) is 2.52. The molecule has 0 fully saturated rings. The van der Waals surface area contributed by atoms with Crippen molar-refractivity contribution in [2.24, 2.45) is 0 Å². The first kappa shape index (κ1) is 17.4. The zero-order valence-electron chi connectivity index (χ0n) is 14.1. The molecule has 0 atom stereocenters. The van der Waals surface area contributed by atoms with E-state index in [0.29, 0.717) is 0 Å². The molecule has 0 aliphatic carbocycles. The SMILES string of the molecule is O=C(CNC(=O)c1ccc(-c2ccccc2)cn1)OCc1ccccc1. The van der Waals surface area contributed by atoms with E-state index in [4.69, 9.17) is 4.74 Å². The van der Waals surface area contributed by atoms with Crippen LogP contribution in [0.1, 0.15) is 16.1 Å². The Kier molecular flexibility index (Phi) is 5.72. The molecule has 1 amide bonds. The first-order chi connectivity index (χ1) is 12.7. The number of hydrogen-bond donors (Lipinski definition) is 1. The van der Waals surface area contributed by atoms with Crippen molar-refractivity contribution in [1.29, 1.82) is 0 Å². The molecule has 2 aromatic carbocycles. The van der Waals surface area contributed by atoms with E-state index in [9.17, 15) is 9.59 Å². The van der Waals surface area contributed by atoms with Gasteiger partial charge in [-0.3, -0.25) is 14.6 Å². The highest BCUT2D eigenvalue weighted by molar-refractivity contribution is 5.94. The Hall–Kier alpha value is -3.47. The molecule has 3 rings (SSSR count). The lowest BCUT2D eigenvalue weighted by Gasteiger charge is -2.07. The summed E-state index contributed by atoms with van der Waals surface area (Å²) in [6.07, 6.45) is 1.64. The highest BCUT2D eigenvalue weighted by Gasteiger charge is 2.10. The maximum absolute atomic E-state index is 12.1. The third-order valence-electron chi connectivity index (χ3n) is 3.74. The lowest BCUT2D eigenvalue weighted by atomic mass is 10.1. The van der Waals surface area contributed by atoms with E-state index in [1.165, 1.54) is 0 Å². The van der Waals surface area contributed by atoms with Crippen LogP contribution < -0.4 is 5.32 Å². The molecule has 26 heavy (non-hydrogen) atoms. The fourth-order valence-electron chi connectivity index (χ4n) is 2.36. The predicted molar refractivity (Wildman–Crippen MR) is 98.2 cm³/mol. The fourth-order valence-corrected chi connectivity index (χ4v) is 2.36. The molecule has 5 heteroatoms. The van der Waals surface area contributed by atoms with E-state index in [2.05, 4.69) is 10.3 Å². The Morgan fingerprint density at radius 2 is 1.54 bits per heavy atom. The van der Waals surface area contributed by atoms with E-state index in [1.807, 2.05) is 66.7 Å². The van der Waals surface area contributed by atoms with Crippen LogP contribution in [0.4, 0.5) is 0 Å². The van der Waals surface area contributed by atoms with Gasteiger partial charge >= 0.3 is 5.97 Å². The van der Waals surface area contributed by atoms with Crippen LogP contribution in [-0.4, -0.2) is 23.4 Å². The van der Waals surface area contributed by atoms with Gasteiger partial charge in [0.25, 0.3) is 5.91 Å². The second-order valence-electron chi connectivity index (χ2n) is 5.63. The molecule has 130 valence electrons. The first-order valence-corrected chi connectivity index (χ1v) is 8.21. The number of nitrogens with zero attached hydrogens (tertiary/aromatic N) is 1. The molecule has 0 saturated heterocycles. The Balaban J connectivity index is 1.49. The molecular weight excluding hydrogens is 328 g/mol. The minimum atomic E-state index is -0.497. The zero-order valence-corrected chi connectivity index (χ0v) is 14.1. The molecule has 0 bridgehead atoms. The number of benzene rings is 2. The number of carbonyl (C=O) groups is 2. The minimum Gasteiger partial charge on any atom is -0.460 e. The van der Waals surface area contributed by atoms with Gasteiger partial charge in [0.1, 0.15) is 18.8 Å². The van der Waals surface area contributed by atoms with E-state index < -0.39 is 11.9 Å².